The van der Waals surface area contributed by atoms with Crippen LogP contribution in [0.4, 0.5) is 5.69 Å². The Kier molecular flexibility index (Phi) is 7.45. The summed E-state index contributed by atoms with van der Waals surface area (Å²) >= 11 is 0. The Balaban J connectivity index is 0.00000144. The van der Waals surface area contributed by atoms with Gasteiger partial charge in [-0.25, -0.2) is 0 Å². The topological polar surface area (TPSA) is 24.5 Å². The minimum atomic E-state index is 0. The van der Waals surface area contributed by atoms with Crippen molar-refractivity contribution in [3.63, 3.8) is 0 Å². The van der Waals surface area contributed by atoms with Gasteiger partial charge in [-0.05, 0) is 25.5 Å². The molecule has 1 unspecified atom stereocenters. The van der Waals surface area contributed by atoms with Crippen molar-refractivity contribution in [2.24, 2.45) is 0 Å². The maximum absolute atomic E-state index is 5.37. The van der Waals surface area contributed by atoms with Crippen molar-refractivity contribution >= 4 is 30.5 Å². The van der Waals surface area contributed by atoms with Crippen LogP contribution in [0.15, 0.2) is 18.2 Å². The second-order valence-corrected chi connectivity index (χ2v) is 4.40. The van der Waals surface area contributed by atoms with Gasteiger partial charge in [-0.2, -0.15) is 0 Å². The van der Waals surface area contributed by atoms with Crippen molar-refractivity contribution in [2.45, 2.75) is 19.9 Å². The number of anilines is 1. The fourth-order valence-electron chi connectivity index (χ4n) is 2.21. The Morgan fingerprint density at radius 1 is 1.33 bits per heavy atom. The van der Waals surface area contributed by atoms with Crippen LogP contribution >= 0.6 is 24.8 Å². The van der Waals surface area contributed by atoms with E-state index in [1.54, 1.807) is 7.11 Å². The van der Waals surface area contributed by atoms with Crippen LogP contribution in [0.3, 0.4) is 0 Å². The molecule has 0 radical (unpaired) electrons. The third-order valence-corrected chi connectivity index (χ3v) is 3.22. The number of rotatable bonds is 2. The molecule has 1 aliphatic rings. The van der Waals surface area contributed by atoms with Crippen LogP contribution < -0.4 is 15.0 Å². The number of benzene rings is 1. The highest BCUT2D eigenvalue weighted by molar-refractivity contribution is 5.85. The van der Waals surface area contributed by atoms with Gasteiger partial charge < -0.3 is 15.0 Å². The number of halogens is 2. The Bertz CT molecular complexity index is 374. The lowest BCUT2D eigenvalue weighted by Gasteiger charge is -2.36. The molecule has 0 bridgehead atoms. The minimum absolute atomic E-state index is 0. The van der Waals surface area contributed by atoms with E-state index in [0.717, 1.165) is 25.4 Å². The number of methoxy groups -OCH3 is 1. The number of hydrogen-bond acceptors (Lipinski definition) is 3. The zero-order valence-electron chi connectivity index (χ0n) is 11.1. The number of piperazine rings is 1. The molecule has 1 heterocycles. The first kappa shape index (κ1) is 17.4. The molecule has 1 fully saturated rings. The molecular formula is C13H22Cl2N2O. The van der Waals surface area contributed by atoms with Crippen molar-refractivity contribution in [3.05, 3.63) is 23.8 Å². The summed E-state index contributed by atoms with van der Waals surface area (Å²) in [5.41, 5.74) is 2.45. The van der Waals surface area contributed by atoms with Crippen LogP contribution in [0.2, 0.25) is 0 Å². The quantitative estimate of drug-likeness (QED) is 0.907. The molecule has 0 spiro atoms. The van der Waals surface area contributed by atoms with Crippen molar-refractivity contribution in [2.75, 3.05) is 31.6 Å². The Morgan fingerprint density at radius 3 is 2.67 bits per heavy atom. The SMILES string of the molecule is COc1cc(N2CCNCC2C)ccc1C.Cl.Cl. The van der Waals surface area contributed by atoms with E-state index >= 15 is 0 Å². The molecule has 18 heavy (non-hydrogen) atoms. The van der Waals surface area contributed by atoms with Crippen LogP contribution in [0, 0.1) is 6.92 Å². The average molecular weight is 293 g/mol. The zero-order valence-corrected chi connectivity index (χ0v) is 12.7. The van der Waals surface area contributed by atoms with Gasteiger partial charge in [-0.1, -0.05) is 6.07 Å². The third-order valence-electron chi connectivity index (χ3n) is 3.22. The largest absolute Gasteiger partial charge is 0.496 e. The molecule has 3 nitrogen and oxygen atoms in total. The fraction of sp³-hybridized carbons (Fsp3) is 0.538. The first-order chi connectivity index (χ1) is 7.72. The predicted molar refractivity (Wildman–Crippen MR) is 81.9 cm³/mol. The normalized spacial score (nSPS) is 18.6. The third kappa shape index (κ3) is 3.67. The van der Waals surface area contributed by atoms with E-state index in [2.05, 4.69) is 42.3 Å². The van der Waals surface area contributed by atoms with E-state index in [4.69, 9.17) is 4.74 Å². The van der Waals surface area contributed by atoms with E-state index in [-0.39, 0.29) is 24.8 Å². The van der Waals surface area contributed by atoms with Crippen molar-refractivity contribution in [1.82, 2.24) is 5.32 Å². The summed E-state index contributed by atoms with van der Waals surface area (Å²) in [7, 11) is 1.73. The molecule has 1 aliphatic heterocycles. The van der Waals surface area contributed by atoms with Gasteiger partial charge in [0.2, 0.25) is 0 Å². The van der Waals surface area contributed by atoms with E-state index in [0.29, 0.717) is 6.04 Å². The molecule has 5 heteroatoms. The second kappa shape index (κ2) is 7.72. The monoisotopic (exact) mass is 292 g/mol. The molecule has 1 atom stereocenters. The number of aryl methyl sites for hydroxylation is 1. The summed E-state index contributed by atoms with van der Waals surface area (Å²) in [4.78, 5) is 2.43. The molecule has 0 aromatic heterocycles. The number of hydrogen-bond donors (Lipinski definition) is 1. The van der Waals surface area contributed by atoms with Crippen LogP contribution in [0.25, 0.3) is 0 Å². The molecule has 0 amide bonds. The molecule has 1 aromatic carbocycles. The van der Waals surface area contributed by atoms with Crippen LogP contribution in [0.1, 0.15) is 12.5 Å². The highest BCUT2D eigenvalue weighted by atomic mass is 35.5. The van der Waals surface area contributed by atoms with Crippen LogP contribution in [0.5, 0.6) is 5.75 Å². The van der Waals surface area contributed by atoms with Gasteiger partial charge in [-0.3, -0.25) is 0 Å². The van der Waals surface area contributed by atoms with Crippen molar-refractivity contribution < 1.29 is 4.74 Å². The van der Waals surface area contributed by atoms with E-state index in [1.165, 1.54) is 11.3 Å². The molecule has 1 aromatic rings. The average Bonchev–Trinajstić information content (AvgIpc) is 2.31. The van der Waals surface area contributed by atoms with E-state index in [1.807, 2.05) is 0 Å². The standard InChI is InChI=1S/C13H20N2O.2ClH/c1-10-4-5-12(8-13(10)16-3)15-7-6-14-9-11(15)2;;/h4-5,8,11,14H,6-7,9H2,1-3H3;2*1H. The van der Waals surface area contributed by atoms with Gasteiger partial charge in [0, 0.05) is 37.4 Å². The second-order valence-electron chi connectivity index (χ2n) is 4.40. The summed E-state index contributed by atoms with van der Waals surface area (Å²) in [5, 5.41) is 3.40. The molecule has 0 aliphatic carbocycles. The summed E-state index contributed by atoms with van der Waals surface area (Å²) in [6, 6.07) is 6.99. The zero-order chi connectivity index (χ0) is 11.5. The summed E-state index contributed by atoms with van der Waals surface area (Å²) in [5.74, 6) is 0.975. The molecule has 104 valence electrons. The van der Waals surface area contributed by atoms with E-state index in [9.17, 15) is 0 Å². The molecule has 1 saturated heterocycles. The van der Waals surface area contributed by atoms with Crippen LogP contribution in [-0.4, -0.2) is 32.8 Å². The number of nitrogens with zero attached hydrogens (tertiary/aromatic N) is 1. The van der Waals surface area contributed by atoms with Crippen LogP contribution in [-0.2, 0) is 0 Å². The highest BCUT2D eigenvalue weighted by Crippen LogP contribution is 2.26. The smallest absolute Gasteiger partial charge is 0.123 e. The first-order valence-electron chi connectivity index (χ1n) is 5.84. The first-order valence-corrected chi connectivity index (χ1v) is 5.84. The van der Waals surface area contributed by atoms with Crippen molar-refractivity contribution in [3.8, 4) is 5.75 Å². The lowest BCUT2D eigenvalue weighted by Crippen LogP contribution is -2.49. The lowest BCUT2D eigenvalue weighted by molar-refractivity contribution is 0.411. The number of ether oxygens (including phenoxy) is 1. The maximum atomic E-state index is 5.37. The predicted octanol–water partition coefficient (Wildman–Crippen LogP) is 2.65. The number of nitrogens with one attached hydrogen (secondary N) is 1. The van der Waals surface area contributed by atoms with Gasteiger partial charge in [0.25, 0.3) is 0 Å². The molecule has 2 rings (SSSR count). The Morgan fingerprint density at radius 2 is 2.06 bits per heavy atom. The molecule has 0 saturated carbocycles. The van der Waals surface area contributed by atoms with Gasteiger partial charge in [0.1, 0.15) is 5.75 Å². The summed E-state index contributed by atoms with van der Waals surface area (Å²) in [6.07, 6.45) is 0. The van der Waals surface area contributed by atoms with Gasteiger partial charge >= 0.3 is 0 Å². The van der Waals surface area contributed by atoms with Gasteiger partial charge in [0.05, 0.1) is 7.11 Å². The van der Waals surface area contributed by atoms with Crippen molar-refractivity contribution in [1.29, 1.82) is 0 Å². The Hall–Kier alpha value is -0.640. The molecular weight excluding hydrogens is 271 g/mol. The molecule has 1 N–H and O–H groups in total. The summed E-state index contributed by atoms with van der Waals surface area (Å²) in [6.45, 7) is 7.49. The minimum Gasteiger partial charge on any atom is -0.496 e. The van der Waals surface area contributed by atoms with Gasteiger partial charge in [0.15, 0.2) is 0 Å². The highest BCUT2D eigenvalue weighted by Gasteiger charge is 2.18. The van der Waals surface area contributed by atoms with Gasteiger partial charge in [-0.15, -0.1) is 24.8 Å². The lowest BCUT2D eigenvalue weighted by atomic mass is 10.1. The fourth-order valence-corrected chi connectivity index (χ4v) is 2.21. The maximum Gasteiger partial charge on any atom is 0.123 e. The Labute approximate surface area is 122 Å². The van der Waals surface area contributed by atoms with E-state index < -0.39 is 0 Å². The summed E-state index contributed by atoms with van der Waals surface area (Å²) < 4.78 is 5.37.